The van der Waals surface area contributed by atoms with Crippen LogP contribution in [0.1, 0.15) is 18.1 Å². The lowest BCUT2D eigenvalue weighted by molar-refractivity contribution is 0.296. The van der Waals surface area contributed by atoms with Gasteiger partial charge in [0.2, 0.25) is 0 Å². The van der Waals surface area contributed by atoms with E-state index in [0.717, 1.165) is 17.7 Å². The van der Waals surface area contributed by atoms with E-state index in [2.05, 4.69) is 19.1 Å². The maximum atomic E-state index is 8.85. The van der Waals surface area contributed by atoms with Gasteiger partial charge >= 0.3 is 0 Å². The van der Waals surface area contributed by atoms with Crippen LogP contribution < -0.4 is 4.74 Å². The Labute approximate surface area is 79.2 Å². The second-order valence-corrected chi connectivity index (χ2v) is 2.97. The lowest BCUT2D eigenvalue weighted by Gasteiger charge is -2.08. The molecule has 0 fully saturated rings. The number of benzene rings is 1. The van der Waals surface area contributed by atoms with Crippen LogP contribution in [-0.2, 0) is 12.8 Å². The van der Waals surface area contributed by atoms with E-state index in [0.29, 0.717) is 6.42 Å². The molecule has 0 aliphatic heterocycles. The van der Waals surface area contributed by atoms with Crippen LogP contribution in [0.5, 0.6) is 5.75 Å². The first-order valence-electron chi connectivity index (χ1n) is 4.58. The summed E-state index contributed by atoms with van der Waals surface area (Å²) in [7, 11) is 1.65. The molecule has 0 saturated heterocycles. The summed E-state index contributed by atoms with van der Waals surface area (Å²) in [6.45, 7) is 2.29. The number of aliphatic hydroxyl groups is 1. The Morgan fingerprint density at radius 3 is 2.69 bits per heavy atom. The van der Waals surface area contributed by atoms with Crippen molar-refractivity contribution in [3.8, 4) is 5.75 Å². The Morgan fingerprint density at radius 1 is 1.38 bits per heavy atom. The molecular formula is C11H16O2. The Morgan fingerprint density at radius 2 is 2.15 bits per heavy atom. The fourth-order valence-electron chi connectivity index (χ4n) is 1.37. The number of aryl methyl sites for hydroxylation is 1. The molecule has 0 heterocycles. The van der Waals surface area contributed by atoms with Gasteiger partial charge in [-0.3, -0.25) is 0 Å². The van der Waals surface area contributed by atoms with Crippen molar-refractivity contribution < 1.29 is 9.84 Å². The van der Waals surface area contributed by atoms with E-state index in [1.165, 1.54) is 5.56 Å². The Balaban J connectivity index is 2.95. The summed E-state index contributed by atoms with van der Waals surface area (Å²) in [5.41, 5.74) is 2.37. The Bertz CT molecular complexity index is 269. The quantitative estimate of drug-likeness (QED) is 0.765. The predicted molar refractivity (Wildman–Crippen MR) is 53.2 cm³/mol. The highest BCUT2D eigenvalue weighted by Crippen LogP contribution is 2.20. The van der Waals surface area contributed by atoms with E-state index in [9.17, 15) is 0 Å². The van der Waals surface area contributed by atoms with Crippen LogP contribution in [-0.4, -0.2) is 18.8 Å². The minimum atomic E-state index is 0.170. The van der Waals surface area contributed by atoms with Gasteiger partial charge in [-0.1, -0.05) is 19.1 Å². The second-order valence-electron chi connectivity index (χ2n) is 2.97. The van der Waals surface area contributed by atoms with E-state index in [-0.39, 0.29) is 6.61 Å². The fraction of sp³-hybridized carbons (Fsp3) is 0.455. The topological polar surface area (TPSA) is 29.5 Å². The number of methoxy groups -OCH3 is 1. The highest BCUT2D eigenvalue weighted by atomic mass is 16.5. The molecule has 72 valence electrons. The zero-order valence-electron chi connectivity index (χ0n) is 8.21. The number of ether oxygens (including phenoxy) is 1. The molecule has 2 nitrogen and oxygen atoms in total. The van der Waals surface area contributed by atoms with E-state index in [1.54, 1.807) is 7.11 Å². The summed E-state index contributed by atoms with van der Waals surface area (Å²) >= 11 is 0. The van der Waals surface area contributed by atoms with Crippen LogP contribution in [0.4, 0.5) is 0 Å². The fourth-order valence-corrected chi connectivity index (χ4v) is 1.37. The lowest BCUT2D eigenvalue weighted by Crippen LogP contribution is -1.96. The van der Waals surface area contributed by atoms with Crippen LogP contribution >= 0.6 is 0 Å². The summed E-state index contributed by atoms with van der Waals surface area (Å²) in [5.74, 6) is 0.867. The summed E-state index contributed by atoms with van der Waals surface area (Å²) < 4.78 is 5.19. The van der Waals surface area contributed by atoms with Crippen molar-refractivity contribution >= 4 is 0 Å². The third-order valence-electron chi connectivity index (χ3n) is 2.13. The van der Waals surface area contributed by atoms with Gasteiger partial charge in [0.1, 0.15) is 5.75 Å². The van der Waals surface area contributed by atoms with Crippen LogP contribution in [0.15, 0.2) is 18.2 Å². The molecule has 0 radical (unpaired) electrons. The third kappa shape index (κ3) is 2.46. The largest absolute Gasteiger partial charge is 0.496 e. The lowest BCUT2D eigenvalue weighted by atomic mass is 10.1. The number of hydrogen-bond donors (Lipinski definition) is 1. The van der Waals surface area contributed by atoms with Gasteiger partial charge in [0.05, 0.1) is 7.11 Å². The minimum Gasteiger partial charge on any atom is -0.496 e. The van der Waals surface area contributed by atoms with Crippen molar-refractivity contribution in [2.45, 2.75) is 19.8 Å². The van der Waals surface area contributed by atoms with Gasteiger partial charge in [0, 0.05) is 6.61 Å². The monoisotopic (exact) mass is 180 g/mol. The Kier molecular flexibility index (Phi) is 3.77. The molecule has 0 amide bonds. The molecule has 1 N–H and O–H groups in total. The van der Waals surface area contributed by atoms with E-state index in [4.69, 9.17) is 9.84 Å². The average molecular weight is 180 g/mol. The molecule has 2 heteroatoms. The molecule has 0 saturated carbocycles. The minimum absolute atomic E-state index is 0.170. The maximum absolute atomic E-state index is 8.85. The van der Waals surface area contributed by atoms with Crippen molar-refractivity contribution in [2.24, 2.45) is 0 Å². The normalized spacial score (nSPS) is 10.1. The molecule has 0 spiro atoms. The van der Waals surface area contributed by atoms with E-state index < -0.39 is 0 Å². The van der Waals surface area contributed by atoms with Crippen molar-refractivity contribution in [3.05, 3.63) is 29.3 Å². The molecule has 0 unspecified atom stereocenters. The van der Waals surface area contributed by atoms with Gasteiger partial charge in [-0.15, -0.1) is 0 Å². The molecule has 1 aromatic carbocycles. The highest BCUT2D eigenvalue weighted by Gasteiger charge is 2.02. The zero-order valence-corrected chi connectivity index (χ0v) is 8.21. The van der Waals surface area contributed by atoms with Gasteiger partial charge in [-0.25, -0.2) is 0 Å². The molecule has 0 bridgehead atoms. The number of rotatable bonds is 4. The van der Waals surface area contributed by atoms with Crippen molar-refractivity contribution in [1.29, 1.82) is 0 Å². The Hall–Kier alpha value is -1.02. The maximum Gasteiger partial charge on any atom is 0.122 e. The molecule has 0 atom stereocenters. The van der Waals surface area contributed by atoms with Gasteiger partial charge in [-0.05, 0) is 30.0 Å². The molecule has 1 rings (SSSR count). The molecule has 0 aliphatic carbocycles. The van der Waals surface area contributed by atoms with Gasteiger partial charge in [0.15, 0.2) is 0 Å². The molecule has 0 aromatic heterocycles. The summed E-state index contributed by atoms with van der Waals surface area (Å²) in [5, 5.41) is 8.85. The highest BCUT2D eigenvalue weighted by molar-refractivity contribution is 5.37. The van der Waals surface area contributed by atoms with Crippen molar-refractivity contribution in [3.63, 3.8) is 0 Å². The van der Waals surface area contributed by atoms with Gasteiger partial charge in [0.25, 0.3) is 0 Å². The van der Waals surface area contributed by atoms with E-state index >= 15 is 0 Å². The van der Waals surface area contributed by atoms with E-state index in [1.807, 2.05) is 6.07 Å². The van der Waals surface area contributed by atoms with Gasteiger partial charge in [-0.2, -0.15) is 0 Å². The summed E-state index contributed by atoms with van der Waals surface area (Å²) in [4.78, 5) is 0. The first-order chi connectivity index (χ1) is 6.31. The SMILES string of the molecule is CCc1ccc(OC)c(CCO)c1. The summed E-state index contributed by atoms with van der Waals surface area (Å²) in [6, 6.07) is 6.11. The average Bonchev–Trinajstić information content (AvgIpc) is 2.18. The predicted octanol–water partition coefficient (Wildman–Crippen LogP) is 1.79. The second kappa shape index (κ2) is 4.87. The standard InChI is InChI=1S/C11H16O2/c1-3-9-4-5-11(13-2)10(8-9)6-7-12/h4-5,8,12H,3,6-7H2,1-2H3. The van der Waals surface area contributed by atoms with Crippen LogP contribution in [0.2, 0.25) is 0 Å². The third-order valence-corrected chi connectivity index (χ3v) is 2.13. The smallest absolute Gasteiger partial charge is 0.122 e. The first kappa shape index (κ1) is 10.1. The summed E-state index contributed by atoms with van der Waals surface area (Å²) in [6.07, 6.45) is 1.68. The molecule has 1 aromatic rings. The first-order valence-corrected chi connectivity index (χ1v) is 4.58. The van der Waals surface area contributed by atoms with Crippen LogP contribution in [0.3, 0.4) is 0 Å². The van der Waals surface area contributed by atoms with Crippen molar-refractivity contribution in [1.82, 2.24) is 0 Å². The number of aliphatic hydroxyl groups excluding tert-OH is 1. The number of hydrogen-bond acceptors (Lipinski definition) is 2. The van der Waals surface area contributed by atoms with Gasteiger partial charge < -0.3 is 9.84 Å². The molecular weight excluding hydrogens is 164 g/mol. The van der Waals surface area contributed by atoms with Crippen molar-refractivity contribution in [2.75, 3.05) is 13.7 Å². The van der Waals surface area contributed by atoms with Crippen LogP contribution in [0, 0.1) is 0 Å². The molecule has 0 aliphatic rings. The molecule has 13 heavy (non-hydrogen) atoms. The zero-order chi connectivity index (χ0) is 9.68. The van der Waals surface area contributed by atoms with Crippen LogP contribution in [0.25, 0.3) is 0 Å².